The highest BCUT2D eigenvalue weighted by molar-refractivity contribution is 9.10. The van der Waals surface area contributed by atoms with E-state index in [1.807, 2.05) is 56.3 Å². The van der Waals surface area contributed by atoms with Gasteiger partial charge in [0, 0.05) is 10.0 Å². The number of rotatable bonds is 4. The molecule has 5 heteroatoms. The van der Waals surface area contributed by atoms with E-state index in [-0.39, 0.29) is 5.97 Å². The van der Waals surface area contributed by atoms with E-state index in [2.05, 4.69) is 21.0 Å². The molecule has 1 aromatic heterocycles. The normalized spacial score (nSPS) is 10.7. The second-order valence-corrected chi connectivity index (χ2v) is 6.59. The summed E-state index contributed by atoms with van der Waals surface area (Å²) in [6.07, 6.45) is 1.58. The van der Waals surface area contributed by atoms with Crippen LogP contribution in [0.25, 0.3) is 16.9 Å². The van der Waals surface area contributed by atoms with Crippen molar-refractivity contribution in [3.63, 3.8) is 0 Å². The Morgan fingerprint density at radius 1 is 1.16 bits per heavy atom. The molecule has 1 heterocycles. The Balaban J connectivity index is 2.23. The number of carbonyl (C=O) groups excluding carboxylic acids is 1. The number of hydrogen-bond acceptors (Lipinski definition) is 3. The first-order valence-electron chi connectivity index (χ1n) is 8.10. The van der Waals surface area contributed by atoms with Gasteiger partial charge in [-0.15, -0.1) is 0 Å². The average Bonchev–Trinajstić information content (AvgIpc) is 3.05. The SMILES string of the molecule is CCOC(=O)c1cnn(-c2cc(C)c(Br)c(C)c2)c1-c1ccccc1. The predicted octanol–water partition coefficient (Wildman–Crippen LogP) is 5.10. The third-order valence-electron chi connectivity index (χ3n) is 3.98. The van der Waals surface area contributed by atoms with Crippen LogP contribution in [-0.4, -0.2) is 22.4 Å². The van der Waals surface area contributed by atoms with Crippen LogP contribution in [0.15, 0.2) is 53.1 Å². The molecule has 0 saturated heterocycles. The van der Waals surface area contributed by atoms with E-state index in [0.29, 0.717) is 12.2 Å². The number of esters is 1. The molecule has 0 spiro atoms. The molecule has 3 aromatic rings. The van der Waals surface area contributed by atoms with Gasteiger partial charge in [-0.3, -0.25) is 0 Å². The van der Waals surface area contributed by atoms with Crippen molar-refractivity contribution in [2.24, 2.45) is 0 Å². The summed E-state index contributed by atoms with van der Waals surface area (Å²) in [5.41, 5.74) is 5.25. The van der Waals surface area contributed by atoms with E-state index >= 15 is 0 Å². The summed E-state index contributed by atoms with van der Waals surface area (Å²) in [6, 6.07) is 13.9. The van der Waals surface area contributed by atoms with Crippen molar-refractivity contribution < 1.29 is 9.53 Å². The summed E-state index contributed by atoms with van der Waals surface area (Å²) in [4.78, 5) is 12.4. The molecule has 0 amide bonds. The molecule has 128 valence electrons. The first-order chi connectivity index (χ1) is 12.0. The van der Waals surface area contributed by atoms with Crippen molar-refractivity contribution in [2.75, 3.05) is 6.61 Å². The van der Waals surface area contributed by atoms with Gasteiger partial charge in [0.1, 0.15) is 5.56 Å². The van der Waals surface area contributed by atoms with Crippen molar-refractivity contribution >= 4 is 21.9 Å². The van der Waals surface area contributed by atoms with Crippen molar-refractivity contribution in [3.8, 4) is 16.9 Å². The molecular weight excluding hydrogens is 380 g/mol. The molecule has 0 N–H and O–H groups in total. The highest BCUT2D eigenvalue weighted by atomic mass is 79.9. The van der Waals surface area contributed by atoms with Gasteiger partial charge >= 0.3 is 5.97 Å². The quantitative estimate of drug-likeness (QED) is 0.574. The van der Waals surface area contributed by atoms with Gasteiger partial charge in [-0.25, -0.2) is 9.48 Å². The van der Waals surface area contributed by atoms with Crippen molar-refractivity contribution in [1.82, 2.24) is 9.78 Å². The number of nitrogens with zero attached hydrogens (tertiary/aromatic N) is 2. The van der Waals surface area contributed by atoms with E-state index in [4.69, 9.17) is 4.74 Å². The lowest BCUT2D eigenvalue weighted by atomic mass is 10.1. The van der Waals surface area contributed by atoms with E-state index < -0.39 is 0 Å². The fourth-order valence-corrected chi connectivity index (χ4v) is 3.05. The topological polar surface area (TPSA) is 44.1 Å². The first kappa shape index (κ1) is 17.4. The van der Waals surface area contributed by atoms with Crippen LogP contribution in [-0.2, 0) is 4.74 Å². The summed E-state index contributed by atoms with van der Waals surface area (Å²) < 4.78 is 8.08. The van der Waals surface area contributed by atoms with E-state index in [9.17, 15) is 4.79 Å². The molecule has 0 aliphatic rings. The van der Waals surface area contributed by atoms with Gasteiger partial charge in [0.15, 0.2) is 0 Å². The summed E-state index contributed by atoms with van der Waals surface area (Å²) in [5, 5.41) is 4.48. The van der Waals surface area contributed by atoms with Crippen LogP contribution < -0.4 is 0 Å². The molecule has 0 saturated carbocycles. The summed E-state index contributed by atoms with van der Waals surface area (Å²) in [7, 11) is 0. The smallest absolute Gasteiger partial charge is 0.342 e. The largest absolute Gasteiger partial charge is 0.462 e. The number of aromatic nitrogens is 2. The van der Waals surface area contributed by atoms with E-state index in [1.54, 1.807) is 17.8 Å². The number of hydrogen-bond donors (Lipinski definition) is 0. The lowest BCUT2D eigenvalue weighted by Crippen LogP contribution is -2.07. The monoisotopic (exact) mass is 398 g/mol. The maximum absolute atomic E-state index is 12.4. The minimum Gasteiger partial charge on any atom is -0.462 e. The van der Waals surface area contributed by atoms with Crippen LogP contribution >= 0.6 is 15.9 Å². The third kappa shape index (κ3) is 3.37. The molecule has 2 aromatic carbocycles. The van der Waals surface area contributed by atoms with Crippen LogP contribution in [0.1, 0.15) is 28.4 Å². The van der Waals surface area contributed by atoms with Crippen LogP contribution in [0.5, 0.6) is 0 Å². The Kier molecular flexibility index (Phi) is 5.04. The molecule has 3 rings (SSSR count). The predicted molar refractivity (Wildman–Crippen MR) is 102 cm³/mol. The van der Waals surface area contributed by atoms with Crippen LogP contribution in [0.2, 0.25) is 0 Å². The summed E-state index contributed by atoms with van der Waals surface area (Å²) in [6.45, 7) is 6.21. The number of benzene rings is 2. The van der Waals surface area contributed by atoms with Crippen molar-refractivity contribution in [3.05, 3.63) is 69.8 Å². The second-order valence-electron chi connectivity index (χ2n) is 5.80. The molecule has 0 bridgehead atoms. The Bertz CT molecular complexity index is 894. The number of carbonyl (C=O) groups is 1. The zero-order chi connectivity index (χ0) is 18.0. The molecule has 0 atom stereocenters. The summed E-state index contributed by atoms with van der Waals surface area (Å²) in [5.74, 6) is -0.363. The average molecular weight is 399 g/mol. The van der Waals surface area contributed by atoms with E-state index in [0.717, 1.165) is 32.5 Å². The standard InChI is InChI=1S/C20H19BrN2O2/c1-4-25-20(24)17-12-22-23(19(17)15-8-6-5-7-9-15)16-10-13(2)18(21)14(3)11-16/h5-12H,4H2,1-3H3. The molecule has 0 radical (unpaired) electrons. The fourth-order valence-electron chi connectivity index (χ4n) is 2.82. The minimum atomic E-state index is -0.363. The lowest BCUT2D eigenvalue weighted by Gasteiger charge is -2.12. The van der Waals surface area contributed by atoms with Gasteiger partial charge < -0.3 is 4.74 Å². The van der Waals surface area contributed by atoms with Crippen molar-refractivity contribution in [2.45, 2.75) is 20.8 Å². The third-order valence-corrected chi connectivity index (χ3v) is 5.23. The molecular formula is C20H19BrN2O2. The fraction of sp³-hybridized carbons (Fsp3) is 0.200. The van der Waals surface area contributed by atoms with Crippen LogP contribution in [0.4, 0.5) is 0 Å². The van der Waals surface area contributed by atoms with Gasteiger partial charge in [0.25, 0.3) is 0 Å². The molecule has 4 nitrogen and oxygen atoms in total. The van der Waals surface area contributed by atoms with Gasteiger partial charge in [0.05, 0.1) is 24.2 Å². The van der Waals surface area contributed by atoms with Crippen LogP contribution in [0.3, 0.4) is 0 Å². The maximum Gasteiger partial charge on any atom is 0.342 e. The number of halogens is 1. The van der Waals surface area contributed by atoms with Gasteiger partial charge in [-0.1, -0.05) is 46.3 Å². The molecule has 0 aliphatic heterocycles. The molecule has 0 fully saturated rings. The molecule has 0 aliphatic carbocycles. The highest BCUT2D eigenvalue weighted by Crippen LogP contribution is 2.30. The zero-order valence-electron chi connectivity index (χ0n) is 14.4. The van der Waals surface area contributed by atoms with Crippen molar-refractivity contribution in [1.29, 1.82) is 0 Å². The lowest BCUT2D eigenvalue weighted by molar-refractivity contribution is 0.0527. The zero-order valence-corrected chi connectivity index (χ0v) is 16.0. The molecule has 25 heavy (non-hydrogen) atoms. The highest BCUT2D eigenvalue weighted by Gasteiger charge is 2.21. The Labute approximate surface area is 155 Å². The Morgan fingerprint density at radius 2 is 1.80 bits per heavy atom. The molecule has 0 unspecified atom stereocenters. The Hall–Kier alpha value is -2.40. The Morgan fingerprint density at radius 3 is 2.40 bits per heavy atom. The van der Waals surface area contributed by atoms with Gasteiger partial charge in [-0.05, 0) is 44.0 Å². The second kappa shape index (κ2) is 7.23. The minimum absolute atomic E-state index is 0.328. The maximum atomic E-state index is 12.4. The number of ether oxygens (including phenoxy) is 1. The van der Waals surface area contributed by atoms with Gasteiger partial charge in [-0.2, -0.15) is 5.10 Å². The summed E-state index contributed by atoms with van der Waals surface area (Å²) >= 11 is 3.59. The van der Waals surface area contributed by atoms with Gasteiger partial charge in [0.2, 0.25) is 0 Å². The number of aryl methyl sites for hydroxylation is 2. The van der Waals surface area contributed by atoms with E-state index in [1.165, 1.54) is 0 Å². The van der Waals surface area contributed by atoms with Crippen LogP contribution in [0, 0.1) is 13.8 Å². The first-order valence-corrected chi connectivity index (χ1v) is 8.90.